The van der Waals surface area contributed by atoms with E-state index in [0.29, 0.717) is 6.04 Å². The molecule has 1 rings (SSSR count). The lowest BCUT2D eigenvalue weighted by Gasteiger charge is -2.34. The number of rotatable bonds is 4. The van der Waals surface area contributed by atoms with Crippen LogP contribution in [0, 0.1) is 5.92 Å². The molecule has 0 saturated carbocycles. The molecule has 1 heterocycles. The van der Waals surface area contributed by atoms with E-state index in [2.05, 4.69) is 25.8 Å². The zero-order chi connectivity index (χ0) is 12.1. The number of hydrogen-bond donors (Lipinski definition) is 1. The molecule has 0 aromatic heterocycles. The Morgan fingerprint density at radius 1 is 1.44 bits per heavy atom. The van der Waals surface area contributed by atoms with Gasteiger partial charge in [0.05, 0.1) is 6.54 Å². The lowest BCUT2D eigenvalue weighted by Crippen LogP contribution is -2.44. The van der Waals surface area contributed by atoms with Crippen molar-refractivity contribution < 1.29 is 4.79 Å². The predicted molar refractivity (Wildman–Crippen MR) is 66.1 cm³/mol. The number of nitrogens with two attached hydrogens (primary N) is 1. The van der Waals surface area contributed by atoms with Gasteiger partial charge in [0.1, 0.15) is 0 Å². The fourth-order valence-corrected chi connectivity index (χ4v) is 2.11. The number of nitrogens with zero attached hydrogens (tertiary/aromatic N) is 2. The van der Waals surface area contributed by atoms with E-state index in [9.17, 15) is 4.79 Å². The highest BCUT2D eigenvalue weighted by atomic mass is 16.2. The lowest BCUT2D eigenvalue weighted by molar-refractivity contribution is -0.131. The highest BCUT2D eigenvalue weighted by Crippen LogP contribution is 2.18. The van der Waals surface area contributed by atoms with Gasteiger partial charge in [-0.3, -0.25) is 4.79 Å². The standard InChI is InChI=1S/C12H25N3O/c1-10(2)14(3)9-11-4-6-15(7-5-11)12(16)8-13/h10-11H,4-9,13H2,1-3H3. The van der Waals surface area contributed by atoms with Crippen LogP contribution in [0.2, 0.25) is 0 Å². The summed E-state index contributed by atoms with van der Waals surface area (Å²) in [6.45, 7) is 7.48. The van der Waals surface area contributed by atoms with Crippen molar-refractivity contribution in [2.24, 2.45) is 11.7 Å². The molecule has 2 N–H and O–H groups in total. The summed E-state index contributed by atoms with van der Waals surface area (Å²) in [6, 6.07) is 0.601. The molecule has 0 aromatic rings. The Morgan fingerprint density at radius 3 is 2.44 bits per heavy atom. The first-order chi connectivity index (χ1) is 7.54. The summed E-state index contributed by atoms with van der Waals surface area (Å²) in [5.41, 5.74) is 5.36. The lowest BCUT2D eigenvalue weighted by atomic mass is 9.96. The van der Waals surface area contributed by atoms with Crippen molar-refractivity contribution >= 4 is 5.91 Å². The number of hydrogen-bond acceptors (Lipinski definition) is 3. The molecule has 0 radical (unpaired) electrons. The van der Waals surface area contributed by atoms with Gasteiger partial charge in [0, 0.05) is 25.7 Å². The van der Waals surface area contributed by atoms with Gasteiger partial charge in [-0.2, -0.15) is 0 Å². The van der Waals surface area contributed by atoms with E-state index in [4.69, 9.17) is 5.73 Å². The van der Waals surface area contributed by atoms with Crippen LogP contribution in [0.5, 0.6) is 0 Å². The van der Waals surface area contributed by atoms with Crippen LogP contribution in [0.15, 0.2) is 0 Å². The van der Waals surface area contributed by atoms with Gasteiger partial charge in [0.15, 0.2) is 0 Å². The normalized spacial score (nSPS) is 18.5. The van der Waals surface area contributed by atoms with Crippen molar-refractivity contribution in [3.05, 3.63) is 0 Å². The predicted octanol–water partition coefficient (Wildman–Crippen LogP) is 0.524. The summed E-state index contributed by atoms with van der Waals surface area (Å²) < 4.78 is 0. The quantitative estimate of drug-likeness (QED) is 0.762. The summed E-state index contributed by atoms with van der Waals surface area (Å²) in [4.78, 5) is 15.7. The molecule has 0 aromatic carbocycles. The fraction of sp³-hybridized carbons (Fsp3) is 0.917. The Bertz CT molecular complexity index is 222. The summed E-state index contributed by atoms with van der Waals surface area (Å²) in [5.74, 6) is 0.824. The molecule has 4 nitrogen and oxygen atoms in total. The highest BCUT2D eigenvalue weighted by Gasteiger charge is 2.23. The second-order valence-electron chi connectivity index (χ2n) is 5.06. The van der Waals surface area contributed by atoms with Crippen LogP contribution < -0.4 is 5.73 Å². The van der Waals surface area contributed by atoms with E-state index < -0.39 is 0 Å². The van der Waals surface area contributed by atoms with Crippen molar-refractivity contribution in [2.75, 3.05) is 33.2 Å². The molecule has 1 amide bonds. The number of carbonyl (C=O) groups excluding carboxylic acids is 1. The van der Waals surface area contributed by atoms with Gasteiger partial charge in [-0.1, -0.05) is 0 Å². The minimum absolute atomic E-state index is 0.0932. The molecular weight excluding hydrogens is 202 g/mol. The molecule has 0 aliphatic carbocycles. The molecule has 1 aliphatic rings. The maximum absolute atomic E-state index is 11.4. The van der Waals surface area contributed by atoms with Crippen molar-refractivity contribution in [2.45, 2.75) is 32.7 Å². The van der Waals surface area contributed by atoms with Crippen LogP contribution in [-0.4, -0.2) is 55.0 Å². The number of amides is 1. The Kier molecular flexibility index (Phi) is 5.22. The second-order valence-corrected chi connectivity index (χ2v) is 5.06. The molecule has 4 heteroatoms. The van der Waals surface area contributed by atoms with Crippen LogP contribution in [0.3, 0.4) is 0 Å². The maximum Gasteiger partial charge on any atom is 0.236 e. The summed E-state index contributed by atoms with van der Waals surface area (Å²) in [6.07, 6.45) is 2.23. The van der Waals surface area contributed by atoms with Gasteiger partial charge >= 0.3 is 0 Å². The highest BCUT2D eigenvalue weighted by molar-refractivity contribution is 5.78. The molecule has 94 valence electrons. The van der Waals surface area contributed by atoms with E-state index in [1.165, 1.54) is 0 Å². The summed E-state index contributed by atoms with van der Waals surface area (Å²) in [5, 5.41) is 0. The van der Waals surface area contributed by atoms with Crippen LogP contribution in [-0.2, 0) is 4.79 Å². The van der Waals surface area contributed by atoms with Gasteiger partial charge in [-0.05, 0) is 39.7 Å². The van der Waals surface area contributed by atoms with Crippen molar-refractivity contribution in [1.82, 2.24) is 9.80 Å². The number of piperidine rings is 1. The average Bonchev–Trinajstić information content (AvgIpc) is 2.28. The second kappa shape index (κ2) is 6.21. The minimum atomic E-state index is 0.0932. The molecule has 16 heavy (non-hydrogen) atoms. The van der Waals surface area contributed by atoms with Gasteiger partial charge in [-0.15, -0.1) is 0 Å². The zero-order valence-corrected chi connectivity index (χ0v) is 10.8. The molecule has 1 saturated heterocycles. The fourth-order valence-electron chi connectivity index (χ4n) is 2.11. The summed E-state index contributed by atoms with van der Waals surface area (Å²) >= 11 is 0. The largest absolute Gasteiger partial charge is 0.342 e. The maximum atomic E-state index is 11.4. The Hall–Kier alpha value is -0.610. The summed E-state index contributed by atoms with van der Waals surface area (Å²) in [7, 11) is 2.17. The number of carbonyl (C=O) groups is 1. The first-order valence-corrected chi connectivity index (χ1v) is 6.22. The van der Waals surface area contributed by atoms with Crippen LogP contribution in [0.1, 0.15) is 26.7 Å². The van der Waals surface area contributed by atoms with E-state index >= 15 is 0 Å². The molecule has 0 atom stereocenters. The van der Waals surface area contributed by atoms with Crippen molar-refractivity contribution in [3.8, 4) is 0 Å². The van der Waals surface area contributed by atoms with Gasteiger partial charge in [-0.25, -0.2) is 0 Å². The van der Waals surface area contributed by atoms with Gasteiger partial charge < -0.3 is 15.5 Å². The third kappa shape index (κ3) is 3.76. The topological polar surface area (TPSA) is 49.6 Å². The van der Waals surface area contributed by atoms with Crippen LogP contribution in [0.4, 0.5) is 0 Å². The van der Waals surface area contributed by atoms with Gasteiger partial charge in [0.25, 0.3) is 0 Å². The minimum Gasteiger partial charge on any atom is -0.342 e. The van der Waals surface area contributed by atoms with Crippen LogP contribution >= 0.6 is 0 Å². The Morgan fingerprint density at radius 2 is 2.00 bits per heavy atom. The first kappa shape index (κ1) is 13.5. The van der Waals surface area contributed by atoms with E-state index in [0.717, 1.165) is 38.4 Å². The third-order valence-corrected chi connectivity index (χ3v) is 3.57. The van der Waals surface area contributed by atoms with Crippen LogP contribution in [0.25, 0.3) is 0 Å². The monoisotopic (exact) mass is 227 g/mol. The van der Waals surface area contributed by atoms with Gasteiger partial charge in [0.2, 0.25) is 5.91 Å². The van der Waals surface area contributed by atoms with E-state index in [1.807, 2.05) is 4.90 Å². The van der Waals surface area contributed by atoms with Crippen molar-refractivity contribution in [3.63, 3.8) is 0 Å². The average molecular weight is 227 g/mol. The third-order valence-electron chi connectivity index (χ3n) is 3.57. The Labute approximate surface area is 98.8 Å². The zero-order valence-electron chi connectivity index (χ0n) is 10.8. The Balaban J connectivity index is 2.29. The molecule has 1 fully saturated rings. The van der Waals surface area contributed by atoms with E-state index in [-0.39, 0.29) is 12.5 Å². The molecular formula is C12H25N3O. The first-order valence-electron chi connectivity index (χ1n) is 6.22. The molecule has 0 bridgehead atoms. The smallest absolute Gasteiger partial charge is 0.236 e. The van der Waals surface area contributed by atoms with E-state index in [1.54, 1.807) is 0 Å². The molecule has 1 aliphatic heterocycles. The molecule has 0 unspecified atom stereocenters. The molecule has 0 spiro atoms. The van der Waals surface area contributed by atoms with Crippen molar-refractivity contribution in [1.29, 1.82) is 0 Å². The SMILES string of the molecule is CC(C)N(C)CC1CCN(C(=O)CN)CC1. The number of likely N-dealkylation sites (tertiary alicyclic amines) is 1.